The lowest BCUT2D eigenvalue weighted by Crippen LogP contribution is -2.40. The van der Waals surface area contributed by atoms with Gasteiger partial charge in [-0.3, -0.25) is 19.4 Å². The van der Waals surface area contributed by atoms with Gasteiger partial charge in [-0.15, -0.1) is 0 Å². The van der Waals surface area contributed by atoms with Crippen molar-refractivity contribution in [3.05, 3.63) is 98.7 Å². The Kier molecular flexibility index (Phi) is 6.16. The van der Waals surface area contributed by atoms with Crippen LogP contribution in [0.4, 0.5) is 0 Å². The molecule has 0 spiro atoms. The molecule has 7 nitrogen and oxygen atoms in total. The molecule has 164 valence electrons. The van der Waals surface area contributed by atoms with Crippen LogP contribution < -0.4 is 10.9 Å². The lowest BCUT2D eigenvalue weighted by atomic mass is 9.95. The summed E-state index contributed by atoms with van der Waals surface area (Å²) in [5.41, 5.74) is 3.96. The van der Waals surface area contributed by atoms with Crippen LogP contribution in [0.1, 0.15) is 45.4 Å². The molecule has 2 amide bonds. The van der Waals surface area contributed by atoms with Gasteiger partial charge in [0.25, 0.3) is 11.5 Å². The van der Waals surface area contributed by atoms with Gasteiger partial charge in [0, 0.05) is 31.9 Å². The van der Waals surface area contributed by atoms with Crippen molar-refractivity contribution in [2.24, 2.45) is 0 Å². The van der Waals surface area contributed by atoms with Gasteiger partial charge in [-0.05, 0) is 42.2 Å². The average Bonchev–Trinajstić information content (AvgIpc) is 2.78. The molecule has 2 aromatic heterocycles. The molecule has 7 heteroatoms. The second-order valence-corrected chi connectivity index (χ2v) is 8.07. The number of carbonyl (C=O) groups excluding carboxylic acids is 2. The molecule has 3 heterocycles. The van der Waals surface area contributed by atoms with E-state index < -0.39 is 5.91 Å². The number of hydrogen-bond acceptors (Lipinski definition) is 4. The predicted octanol–water partition coefficient (Wildman–Crippen LogP) is 2.43. The standard InChI is InChI=1S/C25H26N4O3/c1-17-7-6-10-21(27-17)13-26-24(31)23-22-11-12-28(18(2)30)15-20(22)16-29(25(23)32)14-19-8-4-3-5-9-19/h3-10,16H,11-15H2,1-2H3,(H,26,31). The molecule has 4 rings (SSSR count). The number of benzene rings is 1. The molecule has 0 aliphatic carbocycles. The average molecular weight is 431 g/mol. The Balaban J connectivity index is 1.70. The molecule has 3 aromatic rings. The van der Waals surface area contributed by atoms with Crippen LogP contribution in [0.25, 0.3) is 0 Å². The van der Waals surface area contributed by atoms with Crippen molar-refractivity contribution >= 4 is 11.8 Å². The van der Waals surface area contributed by atoms with Crippen LogP contribution in [0, 0.1) is 6.92 Å². The summed E-state index contributed by atoms with van der Waals surface area (Å²) in [6, 6.07) is 15.2. The first-order valence-electron chi connectivity index (χ1n) is 10.7. The maximum absolute atomic E-state index is 13.4. The van der Waals surface area contributed by atoms with Crippen molar-refractivity contribution in [3.8, 4) is 0 Å². The monoisotopic (exact) mass is 430 g/mol. The molecule has 0 radical (unpaired) electrons. The summed E-state index contributed by atoms with van der Waals surface area (Å²) < 4.78 is 1.57. The summed E-state index contributed by atoms with van der Waals surface area (Å²) in [5, 5.41) is 2.86. The van der Waals surface area contributed by atoms with E-state index in [-0.39, 0.29) is 23.6 Å². The maximum atomic E-state index is 13.4. The number of amides is 2. The summed E-state index contributed by atoms with van der Waals surface area (Å²) in [7, 11) is 0. The quantitative estimate of drug-likeness (QED) is 0.674. The van der Waals surface area contributed by atoms with Crippen molar-refractivity contribution in [2.45, 2.75) is 39.9 Å². The SMILES string of the molecule is CC(=O)N1CCc2c(cn(Cc3ccccc3)c(=O)c2C(=O)NCc2cccc(C)n2)C1. The van der Waals surface area contributed by atoms with Gasteiger partial charge in [-0.1, -0.05) is 36.4 Å². The van der Waals surface area contributed by atoms with E-state index in [1.807, 2.05) is 55.5 Å². The number of rotatable bonds is 5. The minimum absolute atomic E-state index is 0.0204. The Morgan fingerprint density at radius 1 is 1.09 bits per heavy atom. The Hall–Kier alpha value is -3.74. The molecule has 0 unspecified atom stereocenters. The summed E-state index contributed by atoms with van der Waals surface area (Å²) in [5.74, 6) is -0.429. The molecule has 0 fully saturated rings. The first kappa shape index (κ1) is 21.5. The second kappa shape index (κ2) is 9.18. The summed E-state index contributed by atoms with van der Waals surface area (Å²) in [6.07, 6.45) is 2.26. The predicted molar refractivity (Wildman–Crippen MR) is 121 cm³/mol. The highest BCUT2D eigenvalue weighted by Gasteiger charge is 2.27. The minimum atomic E-state index is -0.409. The van der Waals surface area contributed by atoms with Gasteiger partial charge in [0.15, 0.2) is 0 Å². The van der Waals surface area contributed by atoms with E-state index in [1.165, 1.54) is 6.92 Å². The number of fused-ring (bicyclic) bond motifs is 1. The number of aromatic nitrogens is 2. The van der Waals surface area contributed by atoms with Crippen molar-refractivity contribution in [2.75, 3.05) is 6.54 Å². The largest absolute Gasteiger partial charge is 0.346 e. The van der Waals surface area contributed by atoms with Gasteiger partial charge in [0.2, 0.25) is 5.91 Å². The number of aryl methyl sites for hydroxylation is 1. The highest BCUT2D eigenvalue weighted by molar-refractivity contribution is 5.95. The summed E-state index contributed by atoms with van der Waals surface area (Å²) >= 11 is 0. The zero-order valence-corrected chi connectivity index (χ0v) is 18.3. The van der Waals surface area contributed by atoms with E-state index in [2.05, 4.69) is 10.3 Å². The molecule has 32 heavy (non-hydrogen) atoms. The summed E-state index contributed by atoms with van der Waals surface area (Å²) in [4.78, 5) is 44.6. The van der Waals surface area contributed by atoms with E-state index in [1.54, 1.807) is 15.7 Å². The number of hydrogen-bond donors (Lipinski definition) is 1. The van der Waals surface area contributed by atoms with Gasteiger partial charge < -0.3 is 14.8 Å². The number of pyridine rings is 2. The molecule has 0 atom stereocenters. The Morgan fingerprint density at radius 3 is 2.59 bits per heavy atom. The zero-order valence-electron chi connectivity index (χ0n) is 18.3. The Morgan fingerprint density at radius 2 is 1.88 bits per heavy atom. The molecule has 1 aliphatic rings. The van der Waals surface area contributed by atoms with Crippen molar-refractivity contribution < 1.29 is 9.59 Å². The third-order valence-corrected chi connectivity index (χ3v) is 5.71. The molecule has 0 saturated carbocycles. The van der Waals surface area contributed by atoms with E-state index in [4.69, 9.17) is 0 Å². The van der Waals surface area contributed by atoms with Crippen LogP contribution in [0.5, 0.6) is 0 Å². The highest BCUT2D eigenvalue weighted by Crippen LogP contribution is 2.21. The minimum Gasteiger partial charge on any atom is -0.346 e. The molecule has 0 bridgehead atoms. The Bertz CT molecular complexity index is 1220. The molecular weight excluding hydrogens is 404 g/mol. The topological polar surface area (TPSA) is 84.3 Å². The molecule has 1 aliphatic heterocycles. The van der Waals surface area contributed by atoms with Crippen molar-refractivity contribution in [1.82, 2.24) is 19.8 Å². The molecular formula is C25H26N4O3. The van der Waals surface area contributed by atoms with Gasteiger partial charge >= 0.3 is 0 Å². The van der Waals surface area contributed by atoms with Gasteiger partial charge in [0.05, 0.1) is 18.8 Å². The fourth-order valence-electron chi connectivity index (χ4n) is 4.07. The van der Waals surface area contributed by atoms with Gasteiger partial charge in [-0.25, -0.2) is 0 Å². The Labute approximate surface area is 186 Å². The summed E-state index contributed by atoms with van der Waals surface area (Å²) in [6.45, 7) is 4.90. The molecule has 1 N–H and O–H groups in total. The van der Waals surface area contributed by atoms with E-state index >= 15 is 0 Å². The lowest BCUT2D eigenvalue weighted by Gasteiger charge is -2.29. The van der Waals surface area contributed by atoms with Crippen LogP contribution in [0.15, 0.2) is 59.5 Å². The smallest absolute Gasteiger partial charge is 0.264 e. The van der Waals surface area contributed by atoms with Gasteiger partial charge in [-0.2, -0.15) is 0 Å². The number of nitrogens with one attached hydrogen (secondary N) is 1. The second-order valence-electron chi connectivity index (χ2n) is 8.07. The third-order valence-electron chi connectivity index (χ3n) is 5.71. The fraction of sp³-hybridized carbons (Fsp3) is 0.280. The van der Waals surface area contributed by atoms with Crippen molar-refractivity contribution in [3.63, 3.8) is 0 Å². The lowest BCUT2D eigenvalue weighted by molar-refractivity contribution is -0.129. The maximum Gasteiger partial charge on any atom is 0.264 e. The zero-order chi connectivity index (χ0) is 22.7. The first-order valence-corrected chi connectivity index (χ1v) is 10.7. The highest BCUT2D eigenvalue weighted by atomic mass is 16.2. The van der Waals surface area contributed by atoms with Crippen molar-refractivity contribution in [1.29, 1.82) is 0 Å². The van der Waals surface area contributed by atoms with Crippen LogP contribution in [0.3, 0.4) is 0 Å². The molecule has 0 saturated heterocycles. The fourth-order valence-corrected chi connectivity index (χ4v) is 4.07. The van der Waals surface area contributed by atoms with Crippen LogP contribution in [-0.4, -0.2) is 32.8 Å². The van der Waals surface area contributed by atoms with Crippen LogP contribution >= 0.6 is 0 Å². The van der Waals surface area contributed by atoms with Crippen LogP contribution in [0.2, 0.25) is 0 Å². The van der Waals surface area contributed by atoms with Gasteiger partial charge in [0.1, 0.15) is 5.56 Å². The molecule has 1 aromatic carbocycles. The van der Waals surface area contributed by atoms with Crippen LogP contribution in [-0.2, 0) is 30.8 Å². The van der Waals surface area contributed by atoms with E-state index in [9.17, 15) is 14.4 Å². The van der Waals surface area contributed by atoms with E-state index in [0.29, 0.717) is 26.1 Å². The number of nitrogens with zero attached hydrogens (tertiary/aromatic N) is 3. The number of carbonyl (C=O) groups is 2. The first-order chi connectivity index (χ1) is 15.4. The normalized spacial score (nSPS) is 12.9. The van der Waals surface area contributed by atoms with E-state index in [0.717, 1.165) is 28.1 Å². The third kappa shape index (κ3) is 4.61.